The molecule has 2 aromatic rings. The summed E-state index contributed by atoms with van der Waals surface area (Å²) in [4.78, 5) is 8.48. The second-order valence-electron chi connectivity index (χ2n) is 3.10. The van der Waals surface area contributed by atoms with Crippen LogP contribution in [0, 0.1) is 0 Å². The highest BCUT2D eigenvalue weighted by Crippen LogP contribution is 2.23. The van der Waals surface area contributed by atoms with Gasteiger partial charge in [-0.3, -0.25) is 4.98 Å². The monoisotopic (exact) mass is 185 g/mol. The summed E-state index contributed by atoms with van der Waals surface area (Å²) in [5.74, 6) is 0.557. The van der Waals surface area contributed by atoms with Crippen molar-refractivity contribution in [3.05, 3.63) is 36.5 Å². The van der Waals surface area contributed by atoms with Gasteiger partial charge in [-0.2, -0.15) is 0 Å². The van der Waals surface area contributed by atoms with E-state index >= 15 is 0 Å². The van der Waals surface area contributed by atoms with Gasteiger partial charge in [0.25, 0.3) is 0 Å². The lowest BCUT2D eigenvalue weighted by atomic mass is 10.2. The average molecular weight is 185 g/mol. The zero-order valence-electron chi connectivity index (χ0n) is 7.94. The Bertz CT molecular complexity index is 479. The molecule has 1 heterocycles. The summed E-state index contributed by atoms with van der Waals surface area (Å²) in [7, 11) is 0. The maximum atomic E-state index is 5.55. The fourth-order valence-electron chi connectivity index (χ4n) is 1.37. The van der Waals surface area contributed by atoms with Crippen molar-refractivity contribution in [1.82, 2.24) is 4.98 Å². The number of aliphatic imine (C=N–C) groups is 1. The lowest BCUT2D eigenvalue weighted by molar-refractivity contribution is 1.40. The van der Waals surface area contributed by atoms with Gasteiger partial charge in [0.2, 0.25) is 0 Å². The van der Waals surface area contributed by atoms with E-state index in [1.807, 2.05) is 30.3 Å². The summed E-state index contributed by atoms with van der Waals surface area (Å²) >= 11 is 0. The van der Waals surface area contributed by atoms with Crippen molar-refractivity contribution in [2.75, 3.05) is 0 Å². The SMILES string of the molecule is CC(N)=Nc1cccc2ncccc12. The molecule has 2 N–H and O–H groups in total. The summed E-state index contributed by atoms with van der Waals surface area (Å²) < 4.78 is 0. The topological polar surface area (TPSA) is 51.3 Å². The van der Waals surface area contributed by atoms with Gasteiger partial charge < -0.3 is 5.73 Å². The predicted molar refractivity (Wildman–Crippen MR) is 58.7 cm³/mol. The van der Waals surface area contributed by atoms with E-state index in [-0.39, 0.29) is 0 Å². The van der Waals surface area contributed by atoms with Crippen LogP contribution in [0.4, 0.5) is 5.69 Å². The lowest BCUT2D eigenvalue weighted by Crippen LogP contribution is -2.03. The average Bonchev–Trinajstić information content (AvgIpc) is 2.18. The number of benzene rings is 1. The Labute approximate surface area is 82.3 Å². The van der Waals surface area contributed by atoms with Crippen molar-refractivity contribution in [3.63, 3.8) is 0 Å². The standard InChI is InChI=1S/C11H11N3/c1-8(12)14-11-6-2-5-10-9(11)4-3-7-13-10/h2-7H,1H3,(H2,12,14). The van der Waals surface area contributed by atoms with Gasteiger partial charge in [0.05, 0.1) is 17.0 Å². The van der Waals surface area contributed by atoms with Crippen LogP contribution in [-0.4, -0.2) is 10.8 Å². The molecular formula is C11H11N3. The minimum Gasteiger partial charge on any atom is -0.387 e. The first-order valence-electron chi connectivity index (χ1n) is 4.42. The normalized spacial score (nSPS) is 11.9. The number of pyridine rings is 1. The quantitative estimate of drug-likeness (QED) is 0.547. The Morgan fingerprint density at radius 2 is 2.14 bits per heavy atom. The van der Waals surface area contributed by atoms with Crippen LogP contribution in [0.2, 0.25) is 0 Å². The highest BCUT2D eigenvalue weighted by molar-refractivity contribution is 5.93. The Hall–Kier alpha value is -1.90. The van der Waals surface area contributed by atoms with Gasteiger partial charge in [0.15, 0.2) is 0 Å². The maximum absolute atomic E-state index is 5.55. The molecule has 0 aliphatic heterocycles. The van der Waals surface area contributed by atoms with E-state index in [0.717, 1.165) is 16.6 Å². The van der Waals surface area contributed by atoms with Crippen LogP contribution in [-0.2, 0) is 0 Å². The predicted octanol–water partition coefficient (Wildman–Crippen LogP) is 2.24. The molecule has 3 nitrogen and oxygen atoms in total. The highest BCUT2D eigenvalue weighted by atomic mass is 14.8. The van der Waals surface area contributed by atoms with E-state index < -0.39 is 0 Å². The molecule has 0 spiro atoms. The van der Waals surface area contributed by atoms with E-state index in [1.54, 1.807) is 13.1 Å². The molecule has 0 fully saturated rings. The summed E-state index contributed by atoms with van der Waals surface area (Å²) in [6, 6.07) is 9.70. The van der Waals surface area contributed by atoms with E-state index in [1.165, 1.54) is 0 Å². The van der Waals surface area contributed by atoms with E-state index in [2.05, 4.69) is 9.98 Å². The Morgan fingerprint density at radius 3 is 2.93 bits per heavy atom. The van der Waals surface area contributed by atoms with Crippen molar-refractivity contribution in [2.45, 2.75) is 6.92 Å². The number of fused-ring (bicyclic) bond motifs is 1. The summed E-state index contributed by atoms with van der Waals surface area (Å²) in [6.07, 6.45) is 1.77. The zero-order chi connectivity index (χ0) is 9.97. The molecule has 0 atom stereocenters. The second kappa shape index (κ2) is 3.46. The molecule has 3 heteroatoms. The maximum Gasteiger partial charge on any atom is 0.0965 e. The number of aromatic nitrogens is 1. The van der Waals surface area contributed by atoms with Gasteiger partial charge in [-0.1, -0.05) is 6.07 Å². The molecule has 0 bridgehead atoms. The molecule has 0 saturated heterocycles. The van der Waals surface area contributed by atoms with Crippen molar-refractivity contribution < 1.29 is 0 Å². The van der Waals surface area contributed by atoms with Crippen molar-refractivity contribution in [3.8, 4) is 0 Å². The minimum atomic E-state index is 0.557. The van der Waals surface area contributed by atoms with Crippen molar-refractivity contribution in [2.24, 2.45) is 10.7 Å². The molecule has 1 aromatic carbocycles. The van der Waals surface area contributed by atoms with Gasteiger partial charge >= 0.3 is 0 Å². The fourth-order valence-corrected chi connectivity index (χ4v) is 1.37. The number of rotatable bonds is 1. The first kappa shape index (κ1) is 8.69. The van der Waals surface area contributed by atoms with Crippen LogP contribution in [0.3, 0.4) is 0 Å². The van der Waals surface area contributed by atoms with Gasteiger partial charge in [0, 0.05) is 11.6 Å². The summed E-state index contributed by atoms with van der Waals surface area (Å²) in [5.41, 5.74) is 7.36. The molecule has 0 radical (unpaired) electrons. The third-order valence-electron chi connectivity index (χ3n) is 1.92. The molecule has 1 aromatic heterocycles. The van der Waals surface area contributed by atoms with Crippen LogP contribution in [0.25, 0.3) is 10.9 Å². The van der Waals surface area contributed by atoms with Gasteiger partial charge in [-0.25, -0.2) is 4.99 Å². The molecule has 0 aliphatic carbocycles. The van der Waals surface area contributed by atoms with E-state index in [9.17, 15) is 0 Å². The second-order valence-corrected chi connectivity index (χ2v) is 3.10. The number of hydrogen-bond donors (Lipinski definition) is 1. The molecule has 0 amide bonds. The van der Waals surface area contributed by atoms with E-state index in [4.69, 9.17) is 5.73 Å². The molecule has 0 aliphatic rings. The number of nitrogens with zero attached hydrogens (tertiary/aromatic N) is 2. The van der Waals surface area contributed by atoms with Crippen LogP contribution >= 0.6 is 0 Å². The molecule has 0 unspecified atom stereocenters. The number of amidine groups is 1. The Balaban J connectivity index is 2.71. The lowest BCUT2D eigenvalue weighted by Gasteiger charge is -2.00. The Kier molecular flexibility index (Phi) is 2.14. The largest absolute Gasteiger partial charge is 0.387 e. The van der Waals surface area contributed by atoms with E-state index in [0.29, 0.717) is 5.84 Å². The first-order valence-corrected chi connectivity index (χ1v) is 4.42. The summed E-state index contributed by atoms with van der Waals surface area (Å²) in [6.45, 7) is 1.77. The van der Waals surface area contributed by atoms with Crippen molar-refractivity contribution >= 4 is 22.4 Å². The molecule has 14 heavy (non-hydrogen) atoms. The third-order valence-corrected chi connectivity index (χ3v) is 1.92. The third kappa shape index (κ3) is 1.57. The van der Waals surface area contributed by atoms with Crippen molar-refractivity contribution in [1.29, 1.82) is 0 Å². The Morgan fingerprint density at radius 1 is 1.29 bits per heavy atom. The molecule has 2 rings (SSSR count). The van der Waals surface area contributed by atoms with Gasteiger partial charge in [-0.05, 0) is 31.2 Å². The van der Waals surface area contributed by atoms with Crippen LogP contribution in [0.1, 0.15) is 6.92 Å². The summed E-state index contributed by atoms with van der Waals surface area (Å²) in [5, 5.41) is 1.03. The van der Waals surface area contributed by atoms with Crippen LogP contribution < -0.4 is 5.73 Å². The highest BCUT2D eigenvalue weighted by Gasteiger charge is 1.98. The zero-order valence-corrected chi connectivity index (χ0v) is 7.94. The minimum absolute atomic E-state index is 0.557. The fraction of sp³-hybridized carbons (Fsp3) is 0.0909. The van der Waals surface area contributed by atoms with Gasteiger partial charge in [-0.15, -0.1) is 0 Å². The van der Waals surface area contributed by atoms with Crippen LogP contribution in [0.5, 0.6) is 0 Å². The molecule has 0 saturated carbocycles. The number of nitrogens with two attached hydrogens (primary N) is 1. The molecular weight excluding hydrogens is 174 g/mol. The van der Waals surface area contributed by atoms with Crippen LogP contribution in [0.15, 0.2) is 41.5 Å². The first-order chi connectivity index (χ1) is 6.77. The smallest absolute Gasteiger partial charge is 0.0965 e. The number of hydrogen-bond acceptors (Lipinski definition) is 2. The van der Waals surface area contributed by atoms with Gasteiger partial charge in [0.1, 0.15) is 0 Å². The molecule has 70 valence electrons.